The molecule has 19 heavy (non-hydrogen) atoms. The highest BCUT2D eigenvalue weighted by Crippen LogP contribution is 2.29. The monoisotopic (exact) mass is 259 g/mol. The van der Waals surface area contributed by atoms with E-state index in [2.05, 4.69) is 0 Å². The van der Waals surface area contributed by atoms with Gasteiger partial charge in [-0.1, -0.05) is 0 Å². The van der Waals surface area contributed by atoms with Crippen molar-refractivity contribution in [1.29, 1.82) is 0 Å². The molecule has 0 aliphatic heterocycles. The summed E-state index contributed by atoms with van der Waals surface area (Å²) in [5.41, 5.74) is 2.70. The largest absolute Gasteiger partial charge is 0.494 e. The molecular formula is C15H17NO3. The van der Waals surface area contributed by atoms with Crippen molar-refractivity contribution >= 4 is 22.4 Å². The number of carbonyl (C=O) groups is 1. The molecule has 1 heterocycles. The third-order valence-corrected chi connectivity index (χ3v) is 3.04. The quantitative estimate of drug-likeness (QED) is 0.858. The number of rotatable bonds is 4. The molecule has 1 N–H and O–H groups in total. The van der Waals surface area contributed by atoms with Crippen LogP contribution in [0.5, 0.6) is 5.75 Å². The number of aliphatic carboxylic acids is 1. The molecule has 1 aromatic heterocycles. The molecule has 0 radical (unpaired) electrons. The van der Waals surface area contributed by atoms with Gasteiger partial charge in [-0.15, -0.1) is 0 Å². The first-order valence-corrected chi connectivity index (χ1v) is 6.16. The summed E-state index contributed by atoms with van der Waals surface area (Å²) >= 11 is 0. The van der Waals surface area contributed by atoms with Crippen LogP contribution in [0.25, 0.3) is 16.5 Å². The van der Waals surface area contributed by atoms with E-state index in [9.17, 15) is 4.79 Å². The average Bonchev–Trinajstić information content (AvgIpc) is 2.66. The zero-order valence-electron chi connectivity index (χ0n) is 11.3. The van der Waals surface area contributed by atoms with Gasteiger partial charge in [-0.05, 0) is 37.6 Å². The SMILES string of the molecule is CCOc1ccc2c(c1)c(/C(C)=C/C(=O)O)cn2C. The maximum Gasteiger partial charge on any atom is 0.328 e. The molecule has 0 spiro atoms. The molecule has 0 atom stereocenters. The summed E-state index contributed by atoms with van der Waals surface area (Å²) in [6.07, 6.45) is 3.16. The van der Waals surface area contributed by atoms with Gasteiger partial charge >= 0.3 is 5.97 Å². The molecule has 2 rings (SSSR count). The first-order valence-electron chi connectivity index (χ1n) is 6.16. The normalized spacial score (nSPS) is 11.8. The number of allylic oxidation sites excluding steroid dienone is 1. The van der Waals surface area contributed by atoms with E-state index in [1.54, 1.807) is 6.92 Å². The van der Waals surface area contributed by atoms with E-state index in [1.807, 2.05) is 42.9 Å². The van der Waals surface area contributed by atoms with Crippen molar-refractivity contribution in [2.45, 2.75) is 13.8 Å². The highest BCUT2D eigenvalue weighted by Gasteiger charge is 2.10. The van der Waals surface area contributed by atoms with Crippen LogP contribution in [-0.2, 0) is 11.8 Å². The van der Waals surface area contributed by atoms with Crippen molar-refractivity contribution in [1.82, 2.24) is 4.57 Å². The Labute approximate surface area is 111 Å². The molecule has 0 fully saturated rings. The zero-order valence-corrected chi connectivity index (χ0v) is 11.3. The second kappa shape index (κ2) is 5.18. The third kappa shape index (κ3) is 2.62. The second-order valence-corrected chi connectivity index (χ2v) is 4.43. The summed E-state index contributed by atoms with van der Waals surface area (Å²) in [6.45, 7) is 4.35. The lowest BCUT2D eigenvalue weighted by Gasteiger charge is -2.04. The highest BCUT2D eigenvalue weighted by atomic mass is 16.5. The average molecular weight is 259 g/mol. The highest BCUT2D eigenvalue weighted by molar-refractivity contribution is 5.98. The van der Waals surface area contributed by atoms with E-state index >= 15 is 0 Å². The topological polar surface area (TPSA) is 51.5 Å². The fourth-order valence-electron chi connectivity index (χ4n) is 2.20. The Hall–Kier alpha value is -2.23. The van der Waals surface area contributed by atoms with Crippen molar-refractivity contribution < 1.29 is 14.6 Å². The molecule has 100 valence electrons. The summed E-state index contributed by atoms with van der Waals surface area (Å²) in [5.74, 6) is -0.138. The number of ether oxygens (including phenoxy) is 1. The fraction of sp³-hybridized carbons (Fsp3) is 0.267. The van der Waals surface area contributed by atoms with Gasteiger partial charge in [0.2, 0.25) is 0 Å². The van der Waals surface area contributed by atoms with E-state index in [-0.39, 0.29) is 0 Å². The number of hydrogen-bond acceptors (Lipinski definition) is 2. The fourth-order valence-corrected chi connectivity index (χ4v) is 2.20. The molecule has 2 aromatic rings. The van der Waals surface area contributed by atoms with Gasteiger partial charge in [0.05, 0.1) is 6.61 Å². The van der Waals surface area contributed by atoms with Crippen LogP contribution >= 0.6 is 0 Å². The summed E-state index contributed by atoms with van der Waals surface area (Å²) in [7, 11) is 1.94. The van der Waals surface area contributed by atoms with Gasteiger partial charge < -0.3 is 14.4 Å². The summed E-state index contributed by atoms with van der Waals surface area (Å²) in [4.78, 5) is 10.8. The number of hydrogen-bond donors (Lipinski definition) is 1. The molecule has 0 bridgehead atoms. The van der Waals surface area contributed by atoms with Gasteiger partial charge in [0.25, 0.3) is 0 Å². The predicted molar refractivity (Wildman–Crippen MR) is 75.4 cm³/mol. The van der Waals surface area contributed by atoms with Crippen LogP contribution in [-0.4, -0.2) is 22.2 Å². The van der Waals surface area contributed by atoms with Crippen LogP contribution in [0, 0.1) is 0 Å². The van der Waals surface area contributed by atoms with Gasteiger partial charge in [-0.2, -0.15) is 0 Å². The number of carboxylic acids is 1. The van der Waals surface area contributed by atoms with Crippen LogP contribution < -0.4 is 4.74 Å². The molecule has 0 aliphatic rings. The van der Waals surface area contributed by atoms with Crippen molar-refractivity contribution in [2.24, 2.45) is 7.05 Å². The van der Waals surface area contributed by atoms with E-state index in [4.69, 9.17) is 9.84 Å². The van der Waals surface area contributed by atoms with E-state index < -0.39 is 5.97 Å². The van der Waals surface area contributed by atoms with Crippen LogP contribution in [0.1, 0.15) is 19.4 Å². The smallest absolute Gasteiger partial charge is 0.328 e. The molecule has 4 nitrogen and oxygen atoms in total. The summed E-state index contributed by atoms with van der Waals surface area (Å²) < 4.78 is 7.48. The van der Waals surface area contributed by atoms with Gasteiger partial charge in [0, 0.05) is 35.8 Å². The maximum absolute atomic E-state index is 10.8. The number of fused-ring (bicyclic) bond motifs is 1. The number of carboxylic acid groups (broad SMARTS) is 1. The first-order chi connectivity index (χ1) is 9.02. The lowest BCUT2D eigenvalue weighted by molar-refractivity contribution is -0.131. The predicted octanol–water partition coefficient (Wildman–Crippen LogP) is 3.06. The van der Waals surface area contributed by atoms with Gasteiger partial charge in [0.15, 0.2) is 0 Å². The maximum atomic E-state index is 10.8. The van der Waals surface area contributed by atoms with E-state index in [1.165, 1.54) is 6.08 Å². The van der Waals surface area contributed by atoms with Crippen molar-refractivity contribution in [2.75, 3.05) is 6.61 Å². The first kappa shape index (κ1) is 13.2. The van der Waals surface area contributed by atoms with Crippen LogP contribution in [0.2, 0.25) is 0 Å². The van der Waals surface area contributed by atoms with Crippen molar-refractivity contribution in [3.63, 3.8) is 0 Å². The lowest BCUT2D eigenvalue weighted by Crippen LogP contribution is -1.91. The van der Waals surface area contributed by atoms with Crippen LogP contribution in [0.4, 0.5) is 0 Å². The minimum Gasteiger partial charge on any atom is -0.494 e. The van der Waals surface area contributed by atoms with Crippen LogP contribution in [0.3, 0.4) is 0 Å². The second-order valence-electron chi connectivity index (χ2n) is 4.43. The van der Waals surface area contributed by atoms with Crippen molar-refractivity contribution in [3.8, 4) is 5.75 Å². The van der Waals surface area contributed by atoms with E-state index in [0.717, 1.165) is 27.8 Å². The number of aryl methyl sites for hydroxylation is 1. The minimum absolute atomic E-state index is 0.609. The number of benzene rings is 1. The van der Waals surface area contributed by atoms with Crippen molar-refractivity contribution in [3.05, 3.63) is 36.0 Å². The Morgan fingerprint density at radius 2 is 2.21 bits per heavy atom. The molecule has 1 aromatic carbocycles. The summed E-state index contributed by atoms with van der Waals surface area (Å²) in [6, 6.07) is 5.86. The molecule has 4 heteroatoms. The molecular weight excluding hydrogens is 242 g/mol. The van der Waals surface area contributed by atoms with Gasteiger partial charge in [0.1, 0.15) is 5.75 Å². The molecule has 0 amide bonds. The molecule has 0 unspecified atom stereocenters. The summed E-state index contributed by atoms with van der Waals surface area (Å²) in [5, 5.41) is 9.86. The Morgan fingerprint density at radius 1 is 1.47 bits per heavy atom. The zero-order chi connectivity index (χ0) is 14.0. The number of aromatic nitrogens is 1. The van der Waals surface area contributed by atoms with Gasteiger partial charge in [-0.25, -0.2) is 4.79 Å². The Kier molecular flexibility index (Phi) is 3.60. The molecule has 0 saturated heterocycles. The number of nitrogens with zero attached hydrogens (tertiary/aromatic N) is 1. The Morgan fingerprint density at radius 3 is 2.84 bits per heavy atom. The Balaban J connectivity index is 2.60. The molecule has 0 saturated carbocycles. The lowest BCUT2D eigenvalue weighted by atomic mass is 10.1. The van der Waals surface area contributed by atoms with E-state index in [0.29, 0.717) is 6.61 Å². The Bertz CT molecular complexity index is 653. The third-order valence-electron chi connectivity index (χ3n) is 3.04. The van der Waals surface area contributed by atoms with Gasteiger partial charge in [-0.3, -0.25) is 0 Å². The molecule has 0 aliphatic carbocycles. The standard InChI is InChI=1S/C15H17NO3/c1-4-19-11-5-6-14-12(8-11)13(9-16(14)3)10(2)7-15(17)18/h5-9H,4H2,1-3H3,(H,17,18)/b10-7+. The van der Waals surface area contributed by atoms with Crippen LogP contribution in [0.15, 0.2) is 30.5 Å². The minimum atomic E-state index is -0.935.